The van der Waals surface area contributed by atoms with Crippen LogP contribution in [0.15, 0.2) is 90.0 Å². The zero-order valence-corrected chi connectivity index (χ0v) is 18.0. The number of ether oxygens (including phenoxy) is 1. The second-order valence-electron chi connectivity index (χ2n) is 7.09. The molecule has 1 N–H and O–H groups in total. The van der Waals surface area contributed by atoms with Crippen LogP contribution in [0.25, 0.3) is 22.5 Å². The number of nitrogens with zero attached hydrogens (tertiary/aromatic N) is 4. The molecule has 0 aliphatic carbocycles. The predicted molar refractivity (Wildman–Crippen MR) is 128 cm³/mol. The summed E-state index contributed by atoms with van der Waals surface area (Å²) in [5.41, 5.74) is 4.17. The Bertz CT molecular complexity index is 1150. The lowest BCUT2D eigenvalue weighted by Crippen LogP contribution is -2.13. The van der Waals surface area contributed by atoms with E-state index in [0.29, 0.717) is 23.9 Å². The third-order valence-electron chi connectivity index (χ3n) is 4.83. The summed E-state index contributed by atoms with van der Waals surface area (Å²) in [6.07, 6.45) is 1.58. The highest BCUT2D eigenvalue weighted by atomic mass is 16.5. The molecule has 0 saturated heterocycles. The van der Waals surface area contributed by atoms with Gasteiger partial charge in [0, 0.05) is 29.8 Å². The summed E-state index contributed by atoms with van der Waals surface area (Å²) < 4.78 is 5.41. The predicted octanol–water partition coefficient (Wildman–Crippen LogP) is 5.39. The van der Waals surface area contributed by atoms with Gasteiger partial charge in [-0.25, -0.2) is 15.0 Å². The molecule has 0 spiro atoms. The Morgan fingerprint density at radius 2 is 1.47 bits per heavy atom. The molecule has 0 atom stereocenters. The highest BCUT2D eigenvalue weighted by Gasteiger charge is 2.11. The van der Waals surface area contributed by atoms with Gasteiger partial charge in [-0.15, -0.1) is 0 Å². The van der Waals surface area contributed by atoms with Crippen LogP contribution in [0.4, 0.5) is 5.95 Å². The van der Waals surface area contributed by atoms with Gasteiger partial charge in [-0.1, -0.05) is 60.7 Å². The maximum atomic E-state index is 10.3. The summed E-state index contributed by atoms with van der Waals surface area (Å²) in [7, 11) is 1.78. The topological polar surface area (TPSA) is 70.8 Å². The van der Waals surface area contributed by atoms with Crippen molar-refractivity contribution in [2.24, 2.45) is 5.10 Å². The van der Waals surface area contributed by atoms with E-state index < -0.39 is 0 Å². The van der Waals surface area contributed by atoms with Crippen molar-refractivity contribution < 1.29 is 9.84 Å². The van der Waals surface area contributed by atoms with Crippen molar-refractivity contribution in [2.45, 2.75) is 6.92 Å². The van der Waals surface area contributed by atoms with Crippen molar-refractivity contribution in [1.82, 2.24) is 9.97 Å². The lowest BCUT2D eigenvalue weighted by Gasteiger charge is -2.14. The van der Waals surface area contributed by atoms with Crippen LogP contribution in [0.2, 0.25) is 0 Å². The van der Waals surface area contributed by atoms with Crippen LogP contribution in [0, 0.1) is 0 Å². The molecule has 0 saturated carbocycles. The summed E-state index contributed by atoms with van der Waals surface area (Å²) >= 11 is 0. The summed E-state index contributed by atoms with van der Waals surface area (Å²) in [6, 6.07) is 27.0. The van der Waals surface area contributed by atoms with E-state index in [9.17, 15) is 5.11 Å². The SMILES string of the molecule is CCOc1ccc(C=NN(C)c2nc(-c3ccccc3)cc(-c3ccccc3)n2)c(O)c1. The molecule has 0 fully saturated rings. The molecular weight excluding hydrogens is 400 g/mol. The largest absolute Gasteiger partial charge is 0.507 e. The average molecular weight is 425 g/mol. The first-order valence-electron chi connectivity index (χ1n) is 10.4. The molecule has 1 heterocycles. The van der Waals surface area contributed by atoms with E-state index in [1.807, 2.05) is 73.7 Å². The lowest BCUT2D eigenvalue weighted by atomic mass is 10.1. The van der Waals surface area contributed by atoms with Crippen LogP contribution in [-0.2, 0) is 0 Å². The molecule has 0 unspecified atom stereocenters. The van der Waals surface area contributed by atoms with E-state index in [1.54, 1.807) is 36.5 Å². The minimum atomic E-state index is 0.0945. The maximum Gasteiger partial charge on any atom is 0.247 e. The van der Waals surface area contributed by atoms with Crippen LogP contribution in [0.5, 0.6) is 11.5 Å². The first-order valence-corrected chi connectivity index (χ1v) is 10.4. The number of phenolic OH excluding ortho intramolecular Hbond substituents is 1. The third kappa shape index (κ3) is 4.92. The number of hydrogen-bond acceptors (Lipinski definition) is 6. The number of phenols is 1. The van der Waals surface area contributed by atoms with Crippen molar-refractivity contribution in [3.8, 4) is 34.0 Å². The fourth-order valence-electron chi connectivity index (χ4n) is 3.18. The van der Waals surface area contributed by atoms with Crippen LogP contribution in [-0.4, -0.2) is 34.9 Å². The van der Waals surface area contributed by atoms with E-state index in [4.69, 9.17) is 14.7 Å². The summed E-state index contributed by atoms with van der Waals surface area (Å²) in [5, 5.41) is 16.3. The van der Waals surface area contributed by atoms with Crippen molar-refractivity contribution in [3.05, 3.63) is 90.5 Å². The molecular formula is C26H24N4O2. The monoisotopic (exact) mass is 424 g/mol. The summed E-state index contributed by atoms with van der Waals surface area (Å²) in [5.74, 6) is 1.16. The number of hydrazone groups is 1. The number of hydrogen-bond donors (Lipinski definition) is 1. The Labute approximate surface area is 187 Å². The summed E-state index contributed by atoms with van der Waals surface area (Å²) in [4.78, 5) is 9.44. The molecule has 0 aliphatic rings. The van der Waals surface area contributed by atoms with Gasteiger partial charge in [0.05, 0.1) is 24.2 Å². The lowest BCUT2D eigenvalue weighted by molar-refractivity contribution is 0.337. The zero-order valence-electron chi connectivity index (χ0n) is 18.0. The van der Waals surface area contributed by atoms with Gasteiger partial charge in [-0.2, -0.15) is 5.10 Å². The Kier molecular flexibility index (Phi) is 6.41. The quantitative estimate of drug-likeness (QED) is 0.318. The van der Waals surface area contributed by atoms with E-state index in [-0.39, 0.29) is 5.75 Å². The molecule has 0 radical (unpaired) electrons. The van der Waals surface area contributed by atoms with E-state index in [1.165, 1.54) is 0 Å². The number of benzene rings is 3. The van der Waals surface area contributed by atoms with Crippen LogP contribution < -0.4 is 9.75 Å². The second-order valence-corrected chi connectivity index (χ2v) is 7.09. The van der Waals surface area contributed by atoms with Crippen molar-refractivity contribution in [2.75, 3.05) is 18.7 Å². The van der Waals surface area contributed by atoms with Crippen molar-refractivity contribution in [1.29, 1.82) is 0 Å². The Balaban J connectivity index is 1.68. The van der Waals surface area contributed by atoms with Gasteiger partial charge in [0.25, 0.3) is 0 Å². The van der Waals surface area contributed by atoms with Gasteiger partial charge in [-0.3, -0.25) is 0 Å². The highest BCUT2D eigenvalue weighted by molar-refractivity contribution is 5.84. The van der Waals surface area contributed by atoms with E-state index in [2.05, 4.69) is 5.10 Å². The van der Waals surface area contributed by atoms with Crippen LogP contribution in [0.3, 0.4) is 0 Å². The van der Waals surface area contributed by atoms with Gasteiger partial charge in [0.2, 0.25) is 5.95 Å². The van der Waals surface area contributed by atoms with E-state index >= 15 is 0 Å². The second kappa shape index (κ2) is 9.75. The maximum absolute atomic E-state index is 10.3. The van der Waals surface area contributed by atoms with Crippen LogP contribution in [0.1, 0.15) is 12.5 Å². The summed E-state index contributed by atoms with van der Waals surface area (Å²) in [6.45, 7) is 2.43. The molecule has 4 rings (SSSR count). The molecule has 4 aromatic rings. The van der Waals surface area contributed by atoms with Gasteiger partial charge >= 0.3 is 0 Å². The number of aromatic hydroxyl groups is 1. The Morgan fingerprint density at radius 1 is 0.875 bits per heavy atom. The minimum Gasteiger partial charge on any atom is -0.507 e. The molecule has 0 bridgehead atoms. The molecule has 6 heteroatoms. The van der Waals surface area contributed by atoms with Gasteiger partial charge in [0.15, 0.2) is 0 Å². The minimum absolute atomic E-state index is 0.0945. The molecule has 3 aromatic carbocycles. The molecule has 0 amide bonds. The fourth-order valence-corrected chi connectivity index (χ4v) is 3.18. The van der Waals surface area contributed by atoms with Crippen molar-refractivity contribution in [3.63, 3.8) is 0 Å². The molecule has 0 aliphatic heterocycles. The Morgan fingerprint density at radius 3 is 2.00 bits per heavy atom. The molecule has 32 heavy (non-hydrogen) atoms. The van der Waals surface area contributed by atoms with Gasteiger partial charge in [-0.05, 0) is 25.1 Å². The average Bonchev–Trinajstić information content (AvgIpc) is 2.84. The molecule has 1 aromatic heterocycles. The first kappa shape index (κ1) is 21.1. The zero-order chi connectivity index (χ0) is 22.3. The normalized spacial score (nSPS) is 10.9. The highest BCUT2D eigenvalue weighted by Crippen LogP contribution is 2.26. The van der Waals surface area contributed by atoms with Gasteiger partial charge < -0.3 is 9.84 Å². The van der Waals surface area contributed by atoms with Gasteiger partial charge in [0.1, 0.15) is 11.5 Å². The molecule has 160 valence electrons. The smallest absolute Gasteiger partial charge is 0.247 e. The van der Waals surface area contributed by atoms with Crippen LogP contribution >= 0.6 is 0 Å². The van der Waals surface area contributed by atoms with Crippen molar-refractivity contribution >= 4 is 12.2 Å². The number of anilines is 1. The fraction of sp³-hybridized carbons (Fsp3) is 0.115. The number of aromatic nitrogens is 2. The standard InChI is InChI=1S/C26H24N4O2/c1-3-32-22-15-14-21(25(31)16-22)18-27-30(2)26-28-23(19-10-6-4-7-11-19)17-24(29-26)20-12-8-5-9-13-20/h4-18,31H,3H2,1-2H3. The number of rotatable bonds is 7. The van der Waals surface area contributed by atoms with E-state index in [0.717, 1.165) is 22.5 Å². The molecule has 6 nitrogen and oxygen atoms in total. The third-order valence-corrected chi connectivity index (χ3v) is 4.83. The Hall–Kier alpha value is -4.19. The first-order chi connectivity index (χ1) is 15.6.